The molecule has 1 saturated heterocycles. The lowest BCUT2D eigenvalue weighted by atomic mass is 9.81. The second kappa shape index (κ2) is 3.35. The Bertz CT molecular complexity index is 148. The van der Waals surface area contributed by atoms with E-state index in [2.05, 4.69) is 11.8 Å². The van der Waals surface area contributed by atoms with Crippen LogP contribution < -0.4 is 0 Å². The fourth-order valence-electron chi connectivity index (χ4n) is 2.30. The summed E-state index contributed by atoms with van der Waals surface area (Å²) in [5, 5.41) is 9.10. The van der Waals surface area contributed by atoms with Crippen LogP contribution in [0.1, 0.15) is 26.2 Å². The van der Waals surface area contributed by atoms with Crippen molar-refractivity contribution in [2.24, 2.45) is 11.8 Å². The maximum atomic E-state index is 9.10. The van der Waals surface area contributed by atoms with E-state index in [0.717, 1.165) is 24.7 Å². The summed E-state index contributed by atoms with van der Waals surface area (Å²) in [6, 6.07) is 0. The van der Waals surface area contributed by atoms with Crippen LogP contribution in [0.5, 0.6) is 0 Å². The van der Waals surface area contributed by atoms with Gasteiger partial charge in [-0.15, -0.1) is 0 Å². The first-order chi connectivity index (χ1) is 5.78. The van der Waals surface area contributed by atoms with Crippen molar-refractivity contribution in [3.05, 3.63) is 0 Å². The number of hydrogen-bond donors (Lipinski definition) is 1. The van der Waals surface area contributed by atoms with Gasteiger partial charge in [0.15, 0.2) is 0 Å². The molecule has 1 aliphatic carbocycles. The normalized spacial score (nSPS) is 37.5. The highest BCUT2D eigenvalue weighted by atomic mass is 16.3. The fraction of sp³-hybridized carbons (Fsp3) is 1.00. The fourth-order valence-corrected chi connectivity index (χ4v) is 2.30. The summed E-state index contributed by atoms with van der Waals surface area (Å²) >= 11 is 0. The van der Waals surface area contributed by atoms with Gasteiger partial charge >= 0.3 is 0 Å². The molecule has 2 aliphatic rings. The van der Waals surface area contributed by atoms with Gasteiger partial charge in [0.05, 0.1) is 6.10 Å². The van der Waals surface area contributed by atoms with Crippen molar-refractivity contribution in [2.75, 3.05) is 19.6 Å². The van der Waals surface area contributed by atoms with Gasteiger partial charge in [-0.25, -0.2) is 0 Å². The molecule has 0 aromatic heterocycles. The van der Waals surface area contributed by atoms with Crippen LogP contribution in [0.25, 0.3) is 0 Å². The van der Waals surface area contributed by atoms with Crippen molar-refractivity contribution in [2.45, 2.75) is 32.3 Å². The Morgan fingerprint density at radius 3 is 2.42 bits per heavy atom. The molecule has 0 spiro atoms. The molecule has 0 radical (unpaired) electrons. The van der Waals surface area contributed by atoms with Gasteiger partial charge < -0.3 is 10.0 Å². The Kier molecular flexibility index (Phi) is 2.37. The molecule has 1 aliphatic heterocycles. The zero-order valence-corrected chi connectivity index (χ0v) is 7.87. The highest BCUT2D eigenvalue weighted by Crippen LogP contribution is 2.30. The zero-order valence-electron chi connectivity index (χ0n) is 7.87. The van der Waals surface area contributed by atoms with E-state index in [4.69, 9.17) is 5.11 Å². The van der Waals surface area contributed by atoms with E-state index < -0.39 is 0 Å². The molecule has 0 aromatic carbocycles. The summed E-state index contributed by atoms with van der Waals surface area (Å²) < 4.78 is 0. The standard InChI is InChI=1S/C10H19NO/c1-2-8-5-11(6-8)7-9-3-10(12)4-9/h8-10,12H,2-7H2,1H3. The summed E-state index contributed by atoms with van der Waals surface area (Å²) in [6.45, 7) is 6.13. The molecule has 0 aromatic rings. The van der Waals surface area contributed by atoms with E-state index in [0.29, 0.717) is 0 Å². The lowest BCUT2D eigenvalue weighted by Gasteiger charge is -2.43. The monoisotopic (exact) mass is 169 g/mol. The van der Waals surface area contributed by atoms with Crippen LogP contribution in [0.4, 0.5) is 0 Å². The second-order valence-corrected chi connectivity index (χ2v) is 4.48. The van der Waals surface area contributed by atoms with Crippen LogP contribution in [0, 0.1) is 11.8 Å². The minimum absolute atomic E-state index is 0.0262. The van der Waals surface area contributed by atoms with Crippen molar-refractivity contribution < 1.29 is 5.11 Å². The lowest BCUT2D eigenvalue weighted by molar-refractivity contribution is -0.00212. The first-order valence-corrected chi connectivity index (χ1v) is 5.18. The Morgan fingerprint density at radius 2 is 1.92 bits per heavy atom. The molecule has 1 heterocycles. The molecule has 1 saturated carbocycles. The van der Waals surface area contributed by atoms with Crippen molar-refractivity contribution in [1.29, 1.82) is 0 Å². The maximum Gasteiger partial charge on any atom is 0.0546 e. The van der Waals surface area contributed by atoms with Gasteiger partial charge in [0, 0.05) is 19.6 Å². The van der Waals surface area contributed by atoms with E-state index in [1.807, 2.05) is 0 Å². The van der Waals surface area contributed by atoms with Gasteiger partial charge in [0.1, 0.15) is 0 Å². The Balaban J connectivity index is 1.58. The van der Waals surface area contributed by atoms with Crippen LogP contribution in [-0.2, 0) is 0 Å². The van der Waals surface area contributed by atoms with Crippen LogP contribution in [0.2, 0.25) is 0 Å². The van der Waals surface area contributed by atoms with Gasteiger partial charge in [0.25, 0.3) is 0 Å². The molecule has 12 heavy (non-hydrogen) atoms. The Labute approximate surface area is 74.6 Å². The third-order valence-electron chi connectivity index (χ3n) is 3.34. The average molecular weight is 169 g/mol. The minimum atomic E-state index is 0.0262. The molecule has 2 fully saturated rings. The summed E-state index contributed by atoms with van der Waals surface area (Å²) in [4.78, 5) is 2.53. The molecular formula is C10H19NO. The number of nitrogens with zero attached hydrogens (tertiary/aromatic N) is 1. The maximum absolute atomic E-state index is 9.10. The van der Waals surface area contributed by atoms with Gasteiger partial charge in [-0.2, -0.15) is 0 Å². The molecule has 2 rings (SSSR count). The number of aliphatic hydroxyl groups is 1. The summed E-state index contributed by atoms with van der Waals surface area (Å²) in [7, 11) is 0. The molecular weight excluding hydrogens is 150 g/mol. The summed E-state index contributed by atoms with van der Waals surface area (Å²) in [5.41, 5.74) is 0. The molecule has 0 unspecified atom stereocenters. The molecule has 2 nitrogen and oxygen atoms in total. The van der Waals surface area contributed by atoms with E-state index >= 15 is 0 Å². The molecule has 70 valence electrons. The third kappa shape index (κ3) is 1.64. The third-order valence-corrected chi connectivity index (χ3v) is 3.34. The van der Waals surface area contributed by atoms with E-state index in [1.54, 1.807) is 0 Å². The first kappa shape index (κ1) is 8.52. The van der Waals surface area contributed by atoms with Crippen LogP contribution in [0.15, 0.2) is 0 Å². The number of aliphatic hydroxyl groups excluding tert-OH is 1. The molecule has 0 amide bonds. The van der Waals surface area contributed by atoms with Crippen molar-refractivity contribution >= 4 is 0 Å². The van der Waals surface area contributed by atoms with Gasteiger partial charge in [0.2, 0.25) is 0 Å². The van der Waals surface area contributed by atoms with Gasteiger partial charge in [-0.05, 0) is 24.7 Å². The van der Waals surface area contributed by atoms with Crippen LogP contribution in [0.3, 0.4) is 0 Å². The van der Waals surface area contributed by atoms with Gasteiger partial charge in [-0.1, -0.05) is 13.3 Å². The minimum Gasteiger partial charge on any atom is -0.393 e. The van der Waals surface area contributed by atoms with Crippen molar-refractivity contribution in [1.82, 2.24) is 4.90 Å². The predicted molar refractivity (Wildman–Crippen MR) is 49.0 cm³/mol. The topological polar surface area (TPSA) is 23.5 Å². The first-order valence-electron chi connectivity index (χ1n) is 5.18. The SMILES string of the molecule is CCC1CN(CC2CC(O)C2)C1. The lowest BCUT2D eigenvalue weighted by Crippen LogP contribution is -2.50. The van der Waals surface area contributed by atoms with Crippen molar-refractivity contribution in [3.8, 4) is 0 Å². The largest absolute Gasteiger partial charge is 0.393 e. The number of rotatable bonds is 3. The number of hydrogen-bond acceptors (Lipinski definition) is 2. The highest BCUT2D eigenvalue weighted by Gasteiger charge is 2.32. The Morgan fingerprint density at radius 1 is 1.25 bits per heavy atom. The van der Waals surface area contributed by atoms with Gasteiger partial charge in [-0.3, -0.25) is 0 Å². The van der Waals surface area contributed by atoms with Crippen LogP contribution >= 0.6 is 0 Å². The molecule has 0 atom stereocenters. The smallest absolute Gasteiger partial charge is 0.0546 e. The van der Waals surface area contributed by atoms with Crippen LogP contribution in [-0.4, -0.2) is 35.7 Å². The summed E-state index contributed by atoms with van der Waals surface area (Å²) in [6.07, 6.45) is 3.46. The molecule has 0 bridgehead atoms. The quantitative estimate of drug-likeness (QED) is 0.684. The molecule has 1 N–H and O–H groups in total. The summed E-state index contributed by atoms with van der Waals surface area (Å²) in [5.74, 6) is 1.77. The predicted octanol–water partition coefficient (Wildman–Crippen LogP) is 1.10. The number of likely N-dealkylation sites (tertiary alicyclic amines) is 1. The van der Waals surface area contributed by atoms with E-state index in [-0.39, 0.29) is 6.10 Å². The average Bonchev–Trinajstić information content (AvgIpc) is 1.91. The molecule has 2 heteroatoms. The second-order valence-electron chi connectivity index (χ2n) is 4.48. The Hall–Kier alpha value is -0.0800. The zero-order chi connectivity index (χ0) is 8.55. The highest BCUT2D eigenvalue weighted by molar-refractivity contribution is 4.86. The van der Waals surface area contributed by atoms with E-state index in [1.165, 1.54) is 26.1 Å². The van der Waals surface area contributed by atoms with E-state index in [9.17, 15) is 0 Å². The van der Waals surface area contributed by atoms with Crippen molar-refractivity contribution in [3.63, 3.8) is 0 Å².